The average molecular weight is 467 g/mol. The maximum Gasteiger partial charge on any atom is 0.325 e. The summed E-state index contributed by atoms with van der Waals surface area (Å²) >= 11 is 3.40. The molecule has 3 heterocycles. The minimum absolute atomic E-state index is 0.137. The summed E-state index contributed by atoms with van der Waals surface area (Å²) in [5.41, 5.74) is 0.0805. The van der Waals surface area contributed by atoms with E-state index in [2.05, 4.69) is 31.4 Å². The number of urea groups is 1. The Labute approximate surface area is 179 Å². The zero-order chi connectivity index (χ0) is 20.9. The molecule has 1 aliphatic heterocycles. The number of carbonyl (C=O) groups excluding carboxylic acids is 2. The van der Waals surface area contributed by atoms with Crippen molar-refractivity contribution in [3.63, 3.8) is 0 Å². The molecule has 2 aromatic heterocycles. The Bertz CT molecular complexity index is 1260. The highest BCUT2D eigenvalue weighted by molar-refractivity contribution is 9.10. The van der Waals surface area contributed by atoms with Crippen LogP contribution >= 0.6 is 15.9 Å². The molecule has 5 rings (SSSR count). The smallest absolute Gasteiger partial charge is 0.325 e. The predicted molar refractivity (Wildman–Crippen MR) is 110 cm³/mol. The zero-order valence-electron chi connectivity index (χ0n) is 15.8. The fraction of sp³-hybridized carbons (Fsp3) is 0.143. The van der Waals surface area contributed by atoms with E-state index in [1.165, 1.54) is 0 Å². The standard InChI is InChI=1S/C21H15BrN4O4/c1-21(16-10-12-5-2-3-8-15(12)29-16)19(27)26(20(28)24-21)11-17-23-18(25-30-17)13-6-4-7-14(22)9-13/h2-10H,11H2,1H3,(H,24,28). The molecule has 30 heavy (non-hydrogen) atoms. The minimum Gasteiger partial charge on any atom is -0.458 e. The third-order valence-electron chi connectivity index (χ3n) is 5.04. The van der Waals surface area contributed by atoms with Gasteiger partial charge in [0, 0.05) is 15.4 Å². The van der Waals surface area contributed by atoms with E-state index >= 15 is 0 Å². The van der Waals surface area contributed by atoms with Gasteiger partial charge in [-0.05, 0) is 31.2 Å². The van der Waals surface area contributed by atoms with Crippen LogP contribution in [-0.4, -0.2) is 27.0 Å². The number of nitrogens with zero attached hydrogens (tertiary/aromatic N) is 3. The molecule has 1 atom stereocenters. The average Bonchev–Trinajstić information content (AvgIpc) is 3.42. The molecule has 0 radical (unpaired) electrons. The largest absolute Gasteiger partial charge is 0.458 e. The van der Waals surface area contributed by atoms with Gasteiger partial charge in [-0.2, -0.15) is 4.98 Å². The van der Waals surface area contributed by atoms with Crippen molar-refractivity contribution in [3.8, 4) is 11.4 Å². The van der Waals surface area contributed by atoms with Crippen molar-refractivity contribution < 1.29 is 18.5 Å². The number of carbonyl (C=O) groups is 2. The molecule has 0 saturated carbocycles. The first-order valence-corrected chi connectivity index (χ1v) is 9.95. The van der Waals surface area contributed by atoms with Crippen LogP contribution in [0.2, 0.25) is 0 Å². The van der Waals surface area contributed by atoms with E-state index in [0.717, 1.165) is 20.3 Å². The van der Waals surface area contributed by atoms with Crippen LogP contribution in [0.1, 0.15) is 18.6 Å². The lowest BCUT2D eigenvalue weighted by Gasteiger charge is -2.18. The summed E-state index contributed by atoms with van der Waals surface area (Å²) < 4.78 is 12.0. The second-order valence-electron chi connectivity index (χ2n) is 7.12. The number of fused-ring (bicyclic) bond motifs is 1. The Morgan fingerprint density at radius 3 is 2.77 bits per heavy atom. The number of hydrogen-bond donors (Lipinski definition) is 1. The van der Waals surface area contributed by atoms with E-state index in [4.69, 9.17) is 8.94 Å². The number of nitrogens with one attached hydrogen (secondary N) is 1. The van der Waals surface area contributed by atoms with Crippen molar-refractivity contribution >= 4 is 38.8 Å². The summed E-state index contributed by atoms with van der Waals surface area (Å²) in [7, 11) is 0. The van der Waals surface area contributed by atoms with E-state index in [9.17, 15) is 9.59 Å². The Morgan fingerprint density at radius 1 is 1.13 bits per heavy atom. The van der Waals surface area contributed by atoms with Crippen molar-refractivity contribution in [2.24, 2.45) is 0 Å². The Hall–Kier alpha value is -3.46. The molecule has 0 bridgehead atoms. The topological polar surface area (TPSA) is 101 Å². The minimum atomic E-state index is -1.32. The van der Waals surface area contributed by atoms with Crippen LogP contribution in [-0.2, 0) is 16.9 Å². The van der Waals surface area contributed by atoms with Crippen molar-refractivity contribution in [3.05, 3.63) is 70.7 Å². The van der Waals surface area contributed by atoms with Gasteiger partial charge in [0.05, 0.1) is 0 Å². The third-order valence-corrected chi connectivity index (χ3v) is 5.53. The van der Waals surface area contributed by atoms with Crippen LogP contribution in [0, 0.1) is 0 Å². The van der Waals surface area contributed by atoms with Crippen LogP contribution in [0.15, 0.2) is 68.0 Å². The van der Waals surface area contributed by atoms with Gasteiger partial charge in [-0.15, -0.1) is 0 Å². The summed E-state index contributed by atoms with van der Waals surface area (Å²) in [6, 6.07) is 16.0. The van der Waals surface area contributed by atoms with Gasteiger partial charge in [0.2, 0.25) is 11.7 Å². The maximum absolute atomic E-state index is 13.1. The molecule has 1 N–H and O–H groups in total. The lowest BCUT2D eigenvalue weighted by molar-refractivity contribution is -0.132. The molecule has 0 aliphatic carbocycles. The first kappa shape index (κ1) is 18.6. The van der Waals surface area contributed by atoms with Crippen molar-refractivity contribution in [2.75, 3.05) is 0 Å². The van der Waals surface area contributed by atoms with Gasteiger partial charge in [0.1, 0.15) is 17.9 Å². The van der Waals surface area contributed by atoms with Crippen LogP contribution in [0.3, 0.4) is 0 Å². The van der Waals surface area contributed by atoms with Gasteiger partial charge in [0.15, 0.2) is 5.54 Å². The summed E-state index contributed by atoms with van der Waals surface area (Å²) in [5, 5.41) is 7.52. The molecule has 3 amide bonds. The Morgan fingerprint density at radius 2 is 1.97 bits per heavy atom. The van der Waals surface area contributed by atoms with E-state index in [1.807, 2.05) is 48.5 Å². The second kappa shape index (κ2) is 6.81. The molecule has 1 aliphatic rings. The number of hydrogen-bond acceptors (Lipinski definition) is 6. The molecule has 0 spiro atoms. The Kier molecular flexibility index (Phi) is 4.21. The molecule has 4 aromatic rings. The van der Waals surface area contributed by atoms with Gasteiger partial charge >= 0.3 is 6.03 Å². The number of imide groups is 1. The summed E-state index contributed by atoms with van der Waals surface area (Å²) in [6.45, 7) is 1.48. The first-order valence-electron chi connectivity index (χ1n) is 9.16. The first-order chi connectivity index (χ1) is 14.4. The normalized spacial score (nSPS) is 18.9. The highest BCUT2D eigenvalue weighted by Gasteiger charge is 2.51. The Balaban J connectivity index is 1.41. The predicted octanol–water partition coefficient (Wildman–Crippen LogP) is 4.21. The van der Waals surface area contributed by atoms with Gasteiger partial charge in [-0.3, -0.25) is 9.69 Å². The third kappa shape index (κ3) is 2.98. The SMILES string of the molecule is CC1(c2cc3ccccc3o2)NC(=O)N(Cc2nc(-c3cccc(Br)c3)no2)C1=O. The van der Waals surface area contributed by atoms with Crippen LogP contribution in [0.5, 0.6) is 0 Å². The summed E-state index contributed by atoms with van der Waals surface area (Å²) in [6.07, 6.45) is 0. The number of amides is 3. The van der Waals surface area contributed by atoms with Gasteiger partial charge in [-0.25, -0.2) is 4.79 Å². The number of furan rings is 1. The van der Waals surface area contributed by atoms with E-state index in [1.54, 1.807) is 13.0 Å². The second-order valence-corrected chi connectivity index (χ2v) is 8.03. The molecule has 2 aromatic carbocycles. The quantitative estimate of drug-likeness (QED) is 0.452. The van der Waals surface area contributed by atoms with E-state index < -0.39 is 17.5 Å². The number of aromatic nitrogens is 2. The molecule has 1 saturated heterocycles. The summed E-state index contributed by atoms with van der Waals surface area (Å²) in [4.78, 5) is 31.1. The van der Waals surface area contributed by atoms with Gasteiger partial charge in [-0.1, -0.05) is 51.4 Å². The molecular formula is C21H15BrN4O4. The number of rotatable bonds is 4. The fourth-order valence-electron chi connectivity index (χ4n) is 3.44. The molecule has 8 nitrogen and oxygen atoms in total. The molecule has 150 valence electrons. The van der Waals surface area contributed by atoms with Crippen LogP contribution < -0.4 is 5.32 Å². The lowest BCUT2D eigenvalue weighted by Crippen LogP contribution is -2.40. The molecule has 1 fully saturated rings. The number of halogens is 1. The lowest BCUT2D eigenvalue weighted by atomic mass is 9.99. The van der Waals surface area contributed by atoms with Crippen LogP contribution in [0.4, 0.5) is 4.79 Å². The fourth-order valence-corrected chi connectivity index (χ4v) is 3.83. The van der Waals surface area contributed by atoms with E-state index in [0.29, 0.717) is 17.2 Å². The maximum atomic E-state index is 13.1. The van der Waals surface area contributed by atoms with Crippen molar-refractivity contribution in [1.29, 1.82) is 0 Å². The van der Waals surface area contributed by atoms with Gasteiger partial charge < -0.3 is 14.3 Å². The van der Waals surface area contributed by atoms with Crippen LogP contribution in [0.25, 0.3) is 22.4 Å². The van der Waals surface area contributed by atoms with Crippen molar-refractivity contribution in [1.82, 2.24) is 20.4 Å². The highest BCUT2D eigenvalue weighted by atomic mass is 79.9. The van der Waals surface area contributed by atoms with Crippen molar-refractivity contribution in [2.45, 2.75) is 19.0 Å². The summed E-state index contributed by atoms with van der Waals surface area (Å²) in [5.74, 6) is 0.444. The highest BCUT2D eigenvalue weighted by Crippen LogP contribution is 2.33. The monoisotopic (exact) mass is 466 g/mol. The zero-order valence-corrected chi connectivity index (χ0v) is 17.3. The van der Waals surface area contributed by atoms with E-state index in [-0.39, 0.29) is 12.4 Å². The molecular weight excluding hydrogens is 452 g/mol. The molecule has 1 unspecified atom stereocenters. The number of para-hydroxylation sites is 1. The van der Waals surface area contributed by atoms with Gasteiger partial charge in [0.25, 0.3) is 5.91 Å². The molecule has 9 heteroatoms. The number of benzene rings is 2.